The van der Waals surface area contributed by atoms with Crippen LogP contribution in [0, 0.1) is 0 Å². The van der Waals surface area contributed by atoms with Crippen molar-refractivity contribution in [3.05, 3.63) is 0 Å². The van der Waals surface area contributed by atoms with Gasteiger partial charge in [0.15, 0.2) is 0 Å². The van der Waals surface area contributed by atoms with E-state index in [9.17, 15) is 9.90 Å². The molecule has 2 fully saturated rings. The molecule has 2 N–H and O–H groups in total. The Hall–Kier alpha value is -0.650. The van der Waals surface area contributed by atoms with E-state index in [-0.39, 0.29) is 11.9 Å². The second-order valence-corrected chi connectivity index (χ2v) is 5.76. The lowest BCUT2D eigenvalue weighted by Gasteiger charge is -2.24. The summed E-state index contributed by atoms with van der Waals surface area (Å²) in [5.41, 5.74) is 0. The summed E-state index contributed by atoms with van der Waals surface area (Å²) in [4.78, 5) is 13.4. The van der Waals surface area contributed by atoms with E-state index in [0.29, 0.717) is 19.3 Å². The van der Waals surface area contributed by atoms with Gasteiger partial charge in [0, 0.05) is 20.1 Å². The SMILES string of the molecule is CN1CCC(NCC(O)COC2CCCCC2)C1=O. The van der Waals surface area contributed by atoms with Gasteiger partial charge in [0.2, 0.25) is 5.91 Å². The standard InChI is InChI=1S/C14H26N2O3/c1-16-8-7-13(14(16)18)15-9-11(17)10-19-12-5-3-2-4-6-12/h11-13,15,17H,2-10H2,1H3. The van der Waals surface area contributed by atoms with Gasteiger partial charge in [-0.05, 0) is 19.3 Å². The first-order valence-electron chi connectivity index (χ1n) is 7.45. The minimum Gasteiger partial charge on any atom is -0.389 e. The van der Waals surface area contributed by atoms with Gasteiger partial charge in [-0.15, -0.1) is 0 Å². The highest BCUT2D eigenvalue weighted by Gasteiger charge is 2.28. The van der Waals surface area contributed by atoms with Crippen LogP contribution in [0.2, 0.25) is 0 Å². The number of aliphatic hydroxyl groups is 1. The Labute approximate surface area is 115 Å². The zero-order valence-corrected chi connectivity index (χ0v) is 11.8. The van der Waals surface area contributed by atoms with Crippen LogP contribution in [0.15, 0.2) is 0 Å². The van der Waals surface area contributed by atoms with Gasteiger partial charge >= 0.3 is 0 Å². The number of amides is 1. The molecule has 0 spiro atoms. The lowest BCUT2D eigenvalue weighted by atomic mass is 9.98. The molecule has 0 bridgehead atoms. The molecule has 2 rings (SSSR count). The van der Waals surface area contributed by atoms with E-state index in [1.165, 1.54) is 19.3 Å². The fraction of sp³-hybridized carbons (Fsp3) is 0.929. The molecule has 0 radical (unpaired) electrons. The molecule has 2 unspecified atom stereocenters. The molecule has 1 aliphatic carbocycles. The smallest absolute Gasteiger partial charge is 0.239 e. The normalized spacial score (nSPS) is 26.9. The number of carbonyl (C=O) groups excluding carboxylic acids is 1. The summed E-state index contributed by atoms with van der Waals surface area (Å²) in [6, 6.07) is -0.130. The van der Waals surface area contributed by atoms with E-state index in [0.717, 1.165) is 25.8 Å². The van der Waals surface area contributed by atoms with Crippen molar-refractivity contribution in [2.75, 3.05) is 26.7 Å². The van der Waals surface area contributed by atoms with Crippen LogP contribution >= 0.6 is 0 Å². The van der Waals surface area contributed by atoms with Crippen LogP contribution < -0.4 is 5.32 Å². The van der Waals surface area contributed by atoms with Crippen molar-refractivity contribution in [2.45, 2.75) is 56.8 Å². The minimum atomic E-state index is -0.527. The molecule has 2 atom stereocenters. The second kappa shape index (κ2) is 7.22. The third-order valence-electron chi connectivity index (χ3n) is 4.10. The number of likely N-dealkylation sites (N-methyl/N-ethyl adjacent to an activating group) is 1. The Kier molecular flexibility index (Phi) is 5.60. The number of nitrogens with one attached hydrogen (secondary N) is 1. The van der Waals surface area contributed by atoms with Gasteiger partial charge in [-0.2, -0.15) is 0 Å². The number of hydrogen-bond donors (Lipinski definition) is 2. The van der Waals surface area contributed by atoms with Gasteiger partial charge in [0.25, 0.3) is 0 Å². The topological polar surface area (TPSA) is 61.8 Å². The van der Waals surface area contributed by atoms with E-state index in [2.05, 4.69) is 5.32 Å². The highest BCUT2D eigenvalue weighted by molar-refractivity contribution is 5.83. The molecule has 110 valence electrons. The van der Waals surface area contributed by atoms with Gasteiger partial charge < -0.3 is 20.1 Å². The van der Waals surface area contributed by atoms with Crippen LogP contribution in [0.4, 0.5) is 0 Å². The molecule has 1 heterocycles. The summed E-state index contributed by atoms with van der Waals surface area (Å²) < 4.78 is 5.72. The van der Waals surface area contributed by atoms with Crippen LogP contribution in [0.25, 0.3) is 0 Å². The Bertz CT molecular complexity index is 292. The highest BCUT2D eigenvalue weighted by atomic mass is 16.5. The summed E-state index contributed by atoms with van der Waals surface area (Å²) in [6.45, 7) is 1.59. The lowest BCUT2D eigenvalue weighted by Crippen LogP contribution is -2.42. The molecule has 5 nitrogen and oxygen atoms in total. The summed E-state index contributed by atoms with van der Waals surface area (Å²) in [7, 11) is 1.81. The minimum absolute atomic E-state index is 0.125. The quantitative estimate of drug-likeness (QED) is 0.738. The first kappa shape index (κ1) is 14.8. The lowest BCUT2D eigenvalue weighted by molar-refractivity contribution is -0.128. The van der Waals surface area contributed by atoms with Gasteiger partial charge in [-0.3, -0.25) is 4.79 Å². The first-order chi connectivity index (χ1) is 9.16. The van der Waals surface area contributed by atoms with Gasteiger partial charge in [0.1, 0.15) is 0 Å². The number of likely N-dealkylation sites (tertiary alicyclic amines) is 1. The van der Waals surface area contributed by atoms with Crippen molar-refractivity contribution in [2.24, 2.45) is 0 Å². The second-order valence-electron chi connectivity index (χ2n) is 5.76. The van der Waals surface area contributed by atoms with Crippen molar-refractivity contribution in [1.29, 1.82) is 0 Å². The van der Waals surface area contributed by atoms with Gasteiger partial charge in [-0.25, -0.2) is 0 Å². The molecule has 0 aromatic rings. The zero-order chi connectivity index (χ0) is 13.7. The van der Waals surface area contributed by atoms with E-state index in [1.807, 2.05) is 7.05 Å². The van der Waals surface area contributed by atoms with Crippen LogP contribution in [0.1, 0.15) is 38.5 Å². The van der Waals surface area contributed by atoms with Gasteiger partial charge in [-0.1, -0.05) is 19.3 Å². The maximum atomic E-state index is 11.7. The Morgan fingerprint density at radius 3 is 2.74 bits per heavy atom. The highest BCUT2D eigenvalue weighted by Crippen LogP contribution is 2.20. The van der Waals surface area contributed by atoms with Crippen molar-refractivity contribution < 1.29 is 14.6 Å². The summed E-state index contributed by atoms with van der Waals surface area (Å²) in [5.74, 6) is 0.125. The van der Waals surface area contributed by atoms with Crippen LogP contribution in [-0.4, -0.2) is 60.9 Å². The number of nitrogens with zero attached hydrogens (tertiary/aromatic N) is 1. The molecular weight excluding hydrogens is 244 g/mol. The maximum Gasteiger partial charge on any atom is 0.239 e. The molecule has 19 heavy (non-hydrogen) atoms. The largest absolute Gasteiger partial charge is 0.389 e. The van der Waals surface area contributed by atoms with Crippen molar-refractivity contribution in [1.82, 2.24) is 10.2 Å². The van der Waals surface area contributed by atoms with Crippen molar-refractivity contribution >= 4 is 5.91 Å². The number of hydrogen-bond acceptors (Lipinski definition) is 4. The average molecular weight is 270 g/mol. The molecule has 1 amide bonds. The molecule has 1 saturated carbocycles. The molecule has 1 saturated heterocycles. The van der Waals surface area contributed by atoms with Crippen LogP contribution in [0.5, 0.6) is 0 Å². The average Bonchev–Trinajstić information content (AvgIpc) is 2.75. The summed E-state index contributed by atoms with van der Waals surface area (Å²) in [5, 5.41) is 13.0. The van der Waals surface area contributed by atoms with Crippen LogP contribution in [-0.2, 0) is 9.53 Å². The number of ether oxygens (including phenoxy) is 1. The van der Waals surface area contributed by atoms with E-state index < -0.39 is 6.10 Å². The Morgan fingerprint density at radius 2 is 2.11 bits per heavy atom. The molecule has 5 heteroatoms. The van der Waals surface area contributed by atoms with Crippen LogP contribution in [0.3, 0.4) is 0 Å². The third-order valence-corrected chi connectivity index (χ3v) is 4.10. The fourth-order valence-corrected chi connectivity index (χ4v) is 2.83. The summed E-state index contributed by atoms with van der Waals surface area (Å²) in [6.07, 6.45) is 6.64. The predicted octanol–water partition coefficient (Wildman–Crippen LogP) is 0.517. The number of aliphatic hydroxyl groups excluding tert-OH is 1. The molecule has 0 aromatic carbocycles. The predicted molar refractivity (Wildman–Crippen MR) is 72.9 cm³/mol. The monoisotopic (exact) mass is 270 g/mol. The molecule has 1 aliphatic heterocycles. The Morgan fingerprint density at radius 1 is 1.37 bits per heavy atom. The first-order valence-corrected chi connectivity index (χ1v) is 7.45. The van der Waals surface area contributed by atoms with E-state index in [4.69, 9.17) is 4.74 Å². The maximum absolute atomic E-state index is 11.7. The third kappa shape index (κ3) is 4.44. The summed E-state index contributed by atoms with van der Waals surface area (Å²) >= 11 is 0. The zero-order valence-electron chi connectivity index (χ0n) is 11.8. The molecular formula is C14H26N2O3. The Balaban J connectivity index is 1.59. The van der Waals surface area contributed by atoms with Gasteiger partial charge in [0.05, 0.1) is 24.9 Å². The fourth-order valence-electron chi connectivity index (χ4n) is 2.83. The van der Waals surface area contributed by atoms with E-state index >= 15 is 0 Å². The van der Waals surface area contributed by atoms with Crippen molar-refractivity contribution in [3.8, 4) is 0 Å². The van der Waals surface area contributed by atoms with Crippen molar-refractivity contribution in [3.63, 3.8) is 0 Å². The molecule has 2 aliphatic rings. The number of rotatable bonds is 6. The van der Waals surface area contributed by atoms with E-state index in [1.54, 1.807) is 4.90 Å². The molecule has 0 aromatic heterocycles. The number of carbonyl (C=O) groups is 1.